The summed E-state index contributed by atoms with van der Waals surface area (Å²) in [5, 5.41) is 8.89. The second-order valence-electron chi connectivity index (χ2n) is 3.15. The van der Waals surface area contributed by atoms with Gasteiger partial charge in [-0.15, -0.1) is 11.3 Å². The Kier molecular flexibility index (Phi) is 2.85. The van der Waals surface area contributed by atoms with E-state index in [0.717, 1.165) is 4.88 Å². The van der Waals surface area contributed by atoms with Crippen LogP contribution in [0.5, 0.6) is 0 Å². The van der Waals surface area contributed by atoms with Gasteiger partial charge in [-0.05, 0) is 6.92 Å². The molecule has 1 rings (SSSR count). The lowest BCUT2D eigenvalue weighted by atomic mass is 9.86. The molecule has 1 atom stereocenters. The van der Waals surface area contributed by atoms with Crippen LogP contribution in [0.4, 0.5) is 0 Å². The Labute approximate surface area is 84.6 Å². The van der Waals surface area contributed by atoms with Crippen LogP contribution in [-0.4, -0.2) is 22.0 Å². The average molecular weight is 214 g/mol. The fraction of sp³-hybridized carbons (Fsp3) is 0.375. The molecule has 5 nitrogen and oxygen atoms in total. The van der Waals surface area contributed by atoms with E-state index in [1.165, 1.54) is 24.5 Å². The van der Waals surface area contributed by atoms with Gasteiger partial charge in [0.1, 0.15) is 5.41 Å². The first-order valence-corrected chi connectivity index (χ1v) is 4.75. The number of hydrogen-bond acceptors (Lipinski definition) is 4. The van der Waals surface area contributed by atoms with E-state index in [-0.39, 0.29) is 6.42 Å². The second-order valence-corrected chi connectivity index (χ2v) is 4.12. The molecule has 0 spiro atoms. The zero-order valence-electron chi connectivity index (χ0n) is 7.56. The van der Waals surface area contributed by atoms with Gasteiger partial charge in [-0.2, -0.15) is 0 Å². The zero-order chi connectivity index (χ0) is 10.8. The number of thiazole rings is 1. The van der Waals surface area contributed by atoms with Crippen LogP contribution in [-0.2, 0) is 16.0 Å². The number of aromatic nitrogens is 1. The van der Waals surface area contributed by atoms with E-state index in [2.05, 4.69) is 4.98 Å². The minimum atomic E-state index is -1.55. The van der Waals surface area contributed by atoms with E-state index in [1.54, 1.807) is 5.51 Å². The van der Waals surface area contributed by atoms with Gasteiger partial charge >= 0.3 is 5.97 Å². The van der Waals surface area contributed by atoms with Gasteiger partial charge in [0.2, 0.25) is 5.91 Å². The third kappa shape index (κ3) is 1.90. The lowest BCUT2D eigenvalue weighted by Gasteiger charge is -2.19. The van der Waals surface area contributed by atoms with Crippen molar-refractivity contribution in [3.8, 4) is 0 Å². The van der Waals surface area contributed by atoms with E-state index in [4.69, 9.17) is 10.8 Å². The molecule has 0 radical (unpaired) electrons. The van der Waals surface area contributed by atoms with Crippen molar-refractivity contribution < 1.29 is 14.7 Å². The molecule has 0 fully saturated rings. The van der Waals surface area contributed by atoms with Crippen LogP contribution in [0, 0.1) is 5.41 Å². The van der Waals surface area contributed by atoms with E-state index in [9.17, 15) is 9.59 Å². The van der Waals surface area contributed by atoms with Crippen LogP contribution >= 0.6 is 11.3 Å². The summed E-state index contributed by atoms with van der Waals surface area (Å²) in [5.74, 6) is -2.04. The zero-order valence-corrected chi connectivity index (χ0v) is 8.37. The molecule has 0 saturated carbocycles. The fourth-order valence-corrected chi connectivity index (χ4v) is 1.70. The Bertz CT molecular complexity index is 333. The SMILES string of the molecule is CC(Cc1cncs1)(C(N)=O)C(=O)O. The Morgan fingerprint density at radius 2 is 2.36 bits per heavy atom. The maximum Gasteiger partial charge on any atom is 0.319 e. The minimum Gasteiger partial charge on any atom is -0.480 e. The molecule has 14 heavy (non-hydrogen) atoms. The van der Waals surface area contributed by atoms with E-state index < -0.39 is 17.3 Å². The molecule has 1 heterocycles. The quantitative estimate of drug-likeness (QED) is 0.703. The van der Waals surface area contributed by atoms with Crippen LogP contribution in [0.2, 0.25) is 0 Å². The molecule has 0 aliphatic carbocycles. The molecule has 1 amide bonds. The largest absolute Gasteiger partial charge is 0.480 e. The smallest absolute Gasteiger partial charge is 0.319 e. The third-order valence-corrected chi connectivity index (χ3v) is 2.81. The van der Waals surface area contributed by atoms with Crippen molar-refractivity contribution in [1.82, 2.24) is 4.98 Å². The lowest BCUT2D eigenvalue weighted by Crippen LogP contribution is -2.42. The van der Waals surface area contributed by atoms with Gasteiger partial charge in [-0.25, -0.2) is 0 Å². The molecule has 1 unspecified atom stereocenters. The number of carboxylic acid groups (broad SMARTS) is 1. The van der Waals surface area contributed by atoms with E-state index in [1.807, 2.05) is 0 Å². The highest BCUT2D eigenvalue weighted by atomic mass is 32.1. The highest BCUT2D eigenvalue weighted by molar-refractivity contribution is 7.09. The standard InChI is InChI=1S/C8H10N2O3S/c1-8(6(9)11,7(12)13)2-5-3-10-4-14-5/h3-4H,2H2,1H3,(H2,9,11)(H,12,13). The van der Waals surface area contributed by atoms with Crippen molar-refractivity contribution >= 4 is 23.2 Å². The van der Waals surface area contributed by atoms with Crippen molar-refractivity contribution in [3.05, 3.63) is 16.6 Å². The summed E-state index contributed by atoms with van der Waals surface area (Å²) in [6.07, 6.45) is 1.62. The van der Waals surface area contributed by atoms with Gasteiger partial charge in [0.15, 0.2) is 0 Å². The van der Waals surface area contributed by atoms with Crippen molar-refractivity contribution in [2.75, 3.05) is 0 Å². The Hall–Kier alpha value is -1.43. The predicted octanol–water partition coefficient (Wildman–Crippen LogP) is 0.262. The number of hydrogen-bond donors (Lipinski definition) is 2. The number of rotatable bonds is 4. The van der Waals surface area contributed by atoms with Gasteiger partial charge in [-0.3, -0.25) is 14.6 Å². The van der Waals surface area contributed by atoms with Gasteiger partial charge in [-0.1, -0.05) is 0 Å². The Morgan fingerprint density at radius 3 is 2.71 bits per heavy atom. The molecule has 0 aromatic carbocycles. The summed E-state index contributed by atoms with van der Waals surface area (Å²) in [6.45, 7) is 1.32. The van der Waals surface area contributed by atoms with Crippen LogP contribution in [0.25, 0.3) is 0 Å². The Morgan fingerprint density at radius 1 is 1.71 bits per heavy atom. The molecule has 1 aromatic heterocycles. The number of primary amides is 1. The van der Waals surface area contributed by atoms with Crippen molar-refractivity contribution in [1.29, 1.82) is 0 Å². The average Bonchev–Trinajstić information content (AvgIpc) is 2.55. The summed E-state index contributed by atoms with van der Waals surface area (Å²) < 4.78 is 0. The normalized spacial score (nSPS) is 14.6. The van der Waals surface area contributed by atoms with Crippen molar-refractivity contribution in [3.63, 3.8) is 0 Å². The molecular weight excluding hydrogens is 204 g/mol. The number of carbonyl (C=O) groups is 2. The number of carboxylic acids is 1. The first-order chi connectivity index (χ1) is 6.47. The topological polar surface area (TPSA) is 93.3 Å². The molecule has 3 N–H and O–H groups in total. The van der Waals surface area contributed by atoms with E-state index >= 15 is 0 Å². The number of amides is 1. The highest BCUT2D eigenvalue weighted by Crippen LogP contribution is 2.24. The minimum absolute atomic E-state index is 0.0856. The van der Waals surface area contributed by atoms with Crippen molar-refractivity contribution in [2.24, 2.45) is 11.1 Å². The van der Waals surface area contributed by atoms with E-state index in [0.29, 0.717) is 0 Å². The number of nitrogens with zero attached hydrogens (tertiary/aromatic N) is 1. The number of nitrogens with two attached hydrogens (primary N) is 1. The Balaban J connectivity index is 2.91. The molecule has 0 bridgehead atoms. The number of aliphatic carboxylic acids is 1. The molecule has 76 valence electrons. The van der Waals surface area contributed by atoms with Crippen LogP contribution in [0.3, 0.4) is 0 Å². The lowest BCUT2D eigenvalue weighted by molar-refractivity contribution is -0.153. The predicted molar refractivity (Wildman–Crippen MR) is 50.8 cm³/mol. The van der Waals surface area contributed by atoms with Gasteiger partial charge in [0.05, 0.1) is 5.51 Å². The molecule has 0 aliphatic rings. The molecule has 0 saturated heterocycles. The summed E-state index contributed by atoms with van der Waals surface area (Å²) >= 11 is 1.30. The number of carbonyl (C=O) groups excluding carboxylic acids is 1. The van der Waals surface area contributed by atoms with Gasteiger partial charge < -0.3 is 10.8 Å². The maximum absolute atomic E-state index is 11.0. The summed E-state index contributed by atoms with van der Waals surface area (Å²) in [7, 11) is 0. The highest BCUT2D eigenvalue weighted by Gasteiger charge is 2.40. The first-order valence-electron chi connectivity index (χ1n) is 3.87. The van der Waals surface area contributed by atoms with Gasteiger partial charge in [0, 0.05) is 17.5 Å². The monoisotopic (exact) mass is 214 g/mol. The molecule has 1 aromatic rings. The summed E-state index contributed by atoms with van der Waals surface area (Å²) in [4.78, 5) is 26.4. The first kappa shape index (κ1) is 10.6. The fourth-order valence-electron chi connectivity index (χ4n) is 0.946. The molecular formula is C8H10N2O3S. The van der Waals surface area contributed by atoms with Crippen LogP contribution in [0.15, 0.2) is 11.7 Å². The third-order valence-electron chi connectivity index (χ3n) is 2.03. The summed E-state index contributed by atoms with van der Waals surface area (Å²) in [6, 6.07) is 0. The van der Waals surface area contributed by atoms with Crippen molar-refractivity contribution in [2.45, 2.75) is 13.3 Å². The maximum atomic E-state index is 11.0. The molecule has 6 heteroatoms. The van der Waals surface area contributed by atoms with Gasteiger partial charge in [0.25, 0.3) is 0 Å². The summed E-state index contributed by atoms with van der Waals surface area (Å²) in [5.41, 5.74) is 5.09. The second kappa shape index (κ2) is 3.75. The van der Waals surface area contributed by atoms with Crippen LogP contribution < -0.4 is 5.73 Å². The molecule has 0 aliphatic heterocycles. The van der Waals surface area contributed by atoms with Crippen LogP contribution in [0.1, 0.15) is 11.8 Å².